The van der Waals surface area contributed by atoms with E-state index in [2.05, 4.69) is 15.7 Å². The van der Waals surface area contributed by atoms with Crippen LogP contribution in [0.25, 0.3) is 16.5 Å². The molecule has 1 aliphatic rings. The number of hydrogen-bond donors (Lipinski definition) is 2. The predicted octanol–water partition coefficient (Wildman–Crippen LogP) is 4.93. The maximum Gasteiger partial charge on any atom is 0.257 e. The van der Waals surface area contributed by atoms with Crippen LogP contribution >= 0.6 is 0 Å². The van der Waals surface area contributed by atoms with Crippen molar-refractivity contribution >= 4 is 34.0 Å². The molecule has 0 aliphatic heterocycles. The highest BCUT2D eigenvalue weighted by molar-refractivity contribution is 6.13. The summed E-state index contributed by atoms with van der Waals surface area (Å²) in [5.74, 6) is -0.247. The van der Waals surface area contributed by atoms with Gasteiger partial charge in [0.15, 0.2) is 0 Å². The quantitative estimate of drug-likeness (QED) is 0.490. The standard InChI is InChI=1S/C25H22N4O2/c1-16-11-12-26-29(16)21-8-4-7-20(15-21)27-25(31)22-13-18-5-2-3-6-19(18)14-23(22)28-24(30)17-9-10-17/h2-8,11-15,17H,9-10H2,1H3,(H,27,31)(H,28,30). The third-order valence-electron chi connectivity index (χ3n) is 5.52. The number of amides is 2. The summed E-state index contributed by atoms with van der Waals surface area (Å²) in [6, 6.07) is 21.0. The van der Waals surface area contributed by atoms with E-state index in [-0.39, 0.29) is 17.7 Å². The van der Waals surface area contributed by atoms with Crippen LogP contribution in [0.1, 0.15) is 28.9 Å². The number of carbonyl (C=O) groups is 2. The smallest absolute Gasteiger partial charge is 0.257 e. The van der Waals surface area contributed by atoms with Crippen molar-refractivity contribution in [1.29, 1.82) is 0 Å². The van der Waals surface area contributed by atoms with Gasteiger partial charge < -0.3 is 10.6 Å². The van der Waals surface area contributed by atoms with Crippen LogP contribution in [0, 0.1) is 12.8 Å². The average molecular weight is 410 g/mol. The van der Waals surface area contributed by atoms with E-state index in [1.54, 1.807) is 6.20 Å². The number of carbonyl (C=O) groups excluding carboxylic acids is 2. The van der Waals surface area contributed by atoms with Crippen molar-refractivity contribution in [3.63, 3.8) is 0 Å². The molecule has 1 heterocycles. The number of benzene rings is 3. The molecule has 3 aromatic carbocycles. The van der Waals surface area contributed by atoms with Crippen molar-refractivity contribution < 1.29 is 9.59 Å². The molecule has 0 radical (unpaired) electrons. The number of fused-ring (bicyclic) bond motifs is 1. The lowest BCUT2D eigenvalue weighted by atomic mass is 10.0. The molecular formula is C25H22N4O2. The number of nitrogens with one attached hydrogen (secondary N) is 2. The third kappa shape index (κ3) is 3.92. The minimum Gasteiger partial charge on any atom is -0.325 e. The highest BCUT2D eigenvalue weighted by Crippen LogP contribution is 2.32. The van der Waals surface area contributed by atoms with Gasteiger partial charge in [0.05, 0.1) is 16.9 Å². The Morgan fingerprint density at radius 2 is 1.71 bits per heavy atom. The highest BCUT2D eigenvalue weighted by Gasteiger charge is 2.30. The zero-order valence-corrected chi connectivity index (χ0v) is 17.1. The van der Waals surface area contributed by atoms with E-state index in [0.717, 1.165) is 35.0 Å². The second kappa shape index (κ2) is 7.72. The Hall–Kier alpha value is -3.93. The molecule has 1 aliphatic carbocycles. The van der Waals surface area contributed by atoms with Crippen LogP contribution < -0.4 is 10.6 Å². The zero-order valence-electron chi connectivity index (χ0n) is 17.1. The van der Waals surface area contributed by atoms with Crippen LogP contribution in [0.5, 0.6) is 0 Å². The first kappa shape index (κ1) is 19.1. The van der Waals surface area contributed by atoms with Crippen LogP contribution in [0.2, 0.25) is 0 Å². The Balaban J connectivity index is 1.47. The molecule has 4 aromatic rings. The molecule has 5 rings (SSSR count). The Morgan fingerprint density at radius 3 is 2.42 bits per heavy atom. The molecule has 1 aromatic heterocycles. The molecule has 0 unspecified atom stereocenters. The van der Waals surface area contributed by atoms with Gasteiger partial charge >= 0.3 is 0 Å². The number of aromatic nitrogens is 2. The van der Waals surface area contributed by atoms with Crippen molar-refractivity contribution in [3.8, 4) is 5.69 Å². The van der Waals surface area contributed by atoms with Crippen molar-refractivity contribution in [3.05, 3.63) is 84.2 Å². The fourth-order valence-corrected chi connectivity index (χ4v) is 3.67. The minimum atomic E-state index is -0.272. The Morgan fingerprint density at radius 1 is 0.935 bits per heavy atom. The summed E-state index contributed by atoms with van der Waals surface area (Å²) >= 11 is 0. The fourth-order valence-electron chi connectivity index (χ4n) is 3.67. The Bertz CT molecular complexity index is 1300. The average Bonchev–Trinajstić information content (AvgIpc) is 3.54. The molecule has 2 amide bonds. The SMILES string of the molecule is Cc1ccnn1-c1cccc(NC(=O)c2cc3ccccc3cc2NC(=O)C2CC2)c1. The lowest BCUT2D eigenvalue weighted by Crippen LogP contribution is -2.19. The van der Waals surface area contributed by atoms with Gasteiger partial charge in [0, 0.05) is 23.5 Å². The maximum atomic E-state index is 13.2. The second-order valence-corrected chi connectivity index (χ2v) is 7.90. The van der Waals surface area contributed by atoms with Crippen LogP contribution in [-0.2, 0) is 4.79 Å². The first-order chi connectivity index (χ1) is 15.1. The normalized spacial score (nSPS) is 13.2. The van der Waals surface area contributed by atoms with Crippen LogP contribution in [0.3, 0.4) is 0 Å². The van der Waals surface area contributed by atoms with Gasteiger partial charge in [-0.25, -0.2) is 4.68 Å². The summed E-state index contributed by atoms with van der Waals surface area (Å²) in [4.78, 5) is 25.6. The molecule has 6 heteroatoms. The number of nitrogens with zero attached hydrogens (tertiary/aromatic N) is 2. The fraction of sp³-hybridized carbons (Fsp3) is 0.160. The molecule has 31 heavy (non-hydrogen) atoms. The van der Waals surface area contributed by atoms with Crippen molar-refractivity contribution in [2.45, 2.75) is 19.8 Å². The van der Waals surface area contributed by atoms with E-state index in [0.29, 0.717) is 16.9 Å². The number of anilines is 2. The van der Waals surface area contributed by atoms with Crippen molar-refractivity contribution in [1.82, 2.24) is 9.78 Å². The highest BCUT2D eigenvalue weighted by atomic mass is 16.2. The molecule has 0 atom stereocenters. The monoisotopic (exact) mass is 410 g/mol. The Labute approximate surface area is 179 Å². The predicted molar refractivity (Wildman–Crippen MR) is 122 cm³/mol. The molecule has 2 N–H and O–H groups in total. The summed E-state index contributed by atoms with van der Waals surface area (Å²) < 4.78 is 1.81. The van der Waals surface area contributed by atoms with E-state index in [4.69, 9.17) is 0 Å². The summed E-state index contributed by atoms with van der Waals surface area (Å²) in [7, 11) is 0. The number of hydrogen-bond acceptors (Lipinski definition) is 3. The summed E-state index contributed by atoms with van der Waals surface area (Å²) in [5, 5.41) is 12.2. The first-order valence-electron chi connectivity index (χ1n) is 10.3. The first-order valence-corrected chi connectivity index (χ1v) is 10.3. The summed E-state index contributed by atoms with van der Waals surface area (Å²) in [6.07, 6.45) is 3.55. The van der Waals surface area contributed by atoms with E-state index in [1.807, 2.05) is 78.3 Å². The molecule has 0 saturated heterocycles. The Kier molecular flexibility index (Phi) is 4.75. The molecule has 1 fully saturated rings. The van der Waals surface area contributed by atoms with Gasteiger partial charge in [-0.15, -0.1) is 0 Å². The zero-order chi connectivity index (χ0) is 21.4. The van der Waals surface area contributed by atoms with Gasteiger partial charge in [0.1, 0.15) is 0 Å². The van der Waals surface area contributed by atoms with E-state index in [9.17, 15) is 9.59 Å². The third-order valence-corrected chi connectivity index (χ3v) is 5.52. The number of rotatable bonds is 5. The minimum absolute atomic E-state index is 0.0273. The molecular weight excluding hydrogens is 388 g/mol. The lowest BCUT2D eigenvalue weighted by Gasteiger charge is -2.14. The molecule has 154 valence electrons. The maximum absolute atomic E-state index is 13.2. The van der Waals surface area contributed by atoms with Crippen LogP contribution in [0.4, 0.5) is 11.4 Å². The summed E-state index contributed by atoms with van der Waals surface area (Å²) in [6.45, 7) is 1.97. The van der Waals surface area contributed by atoms with Gasteiger partial charge in [0.25, 0.3) is 5.91 Å². The van der Waals surface area contributed by atoms with Gasteiger partial charge in [-0.2, -0.15) is 5.10 Å². The van der Waals surface area contributed by atoms with Gasteiger partial charge in [-0.05, 0) is 66.9 Å². The second-order valence-electron chi connectivity index (χ2n) is 7.90. The molecule has 0 spiro atoms. The van der Waals surface area contributed by atoms with Crippen molar-refractivity contribution in [2.75, 3.05) is 10.6 Å². The molecule has 1 saturated carbocycles. The van der Waals surface area contributed by atoms with Gasteiger partial charge in [-0.3, -0.25) is 9.59 Å². The largest absolute Gasteiger partial charge is 0.325 e. The van der Waals surface area contributed by atoms with E-state index < -0.39 is 0 Å². The topological polar surface area (TPSA) is 76.0 Å². The van der Waals surface area contributed by atoms with Crippen LogP contribution in [0.15, 0.2) is 72.9 Å². The van der Waals surface area contributed by atoms with Crippen molar-refractivity contribution in [2.24, 2.45) is 5.92 Å². The van der Waals surface area contributed by atoms with E-state index in [1.165, 1.54) is 0 Å². The molecule has 0 bridgehead atoms. The van der Waals surface area contributed by atoms with Gasteiger partial charge in [-0.1, -0.05) is 30.3 Å². The molecule has 6 nitrogen and oxygen atoms in total. The lowest BCUT2D eigenvalue weighted by molar-refractivity contribution is -0.117. The van der Waals surface area contributed by atoms with Gasteiger partial charge in [0.2, 0.25) is 5.91 Å². The van der Waals surface area contributed by atoms with Crippen LogP contribution in [-0.4, -0.2) is 21.6 Å². The van der Waals surface area contributed by atoms with E-state index >= 15 is 0 Å². The summed E-state index contributed by atoms with van der Waals surface area (Å²) in [5.41, 5.74) is 3.50. The number of aryl methyl sites for hydroxylation is 1.